The molecule has 1 aromatic rings. The number of nitrogens with one attached hydrogen (secondary N) is 1. The Labute approximate surface area is 128 Å². The van der Waals surface area contributed by atoms with Crippen molar-refractivity contribution in [3.05, 3.63) is 28.2 Å². The summed E-state index contributed by atoms with van der Waals surface area (Å²) in [6.07, 6.45) is 2.13. The van der Waals surface area contributed by atoms with Crippen LogP contribution >= 0.6 is 15.9 Å². The average Bonchev–Trinajstić information content (AvgIpc) is 2.82. The van der Waals surface area contributed by atoms with Gasteiger partial charge in [-0.05, 0) is 66.5 Å². The number of nitrogens with zero attached hydrogens (tertiary/aromatic N) is 2. The van der Waals surface area contributed by atoms with Crippen molar-refractivity contribution in [2.24, 2.45) is 0 Å². The van der Waals surface area contributed by atoms with Gasteiger partial charge in [0.25, 0.3) is 0 Å². The molecular weight excluding hydrogens is 318 g/mol. The maximum atomic E-state index is 12.7. The molecule has 0 unspecified atom stereocenters. The van der Waals surface area contributed by atoms with E-state index in [0.29, 0.717) is 6.04 Å². The number of amides is 2. The molecule has 0 aromatic heterocycles. The molecule has 0 atom stereocenters. The lowest BCUT2D eigenvalue weighted by molar-refractivity contribution is 0.185. The quantitative estimate of drug-likeness (QED) is 0.900. The SMILES string of the molecule is Cc1ccc(N2CCN(C3CCNCC3)C2=O)c(Br)c1. The maximum Gasteiger partial charge on any atom is 0.324 e. The van der Waals surface area contributed by atoms with E-state index < -0.39 is 0 Å². The molecule has 2 saturated heterocycles. The highest BCUT2D eigenvalue weighted by atomic mass is 79.9. The number of piperidine rings is 1. The third-order valence-electron chi connectivity index (χ3n) is 4.18. The molecule has 2 amide bonds. The van der Waals surface area contributed by atoms with Gasteiger partial charge in [0, 0.05) is 23.6 Å². The van der Waals surface area contributed by atoms with E-state index in [2.05, 4.69) is 40.3 Å². The number of hydrogen-bond acceptors (Lipinski definition) is 2. The van der Waals surface area contributed by atoms with Crippen LogP contribution < -0.4 is 10.2 Å². The fourth-order valence-corrected chi connectivity index (χ4v) is 3.77. The first-order valence-electron chi connectivity index (χ1n) is 7.22. The summed E-state index contributed by atoms with van der Waals surface area (Å²) in [7, 11) is 0. The molecule has 2 fully saturated rings. The topological polar surface area (TPSA) is 35.6 Å². The average molecular weight is 338 g/mol. The van der Waals surface area contributed by atoms with Crippen LogP contribution in [0.5, 0.6) is 0 Å². The van der Waals surface area contributed by atoms with E-state index in [4.69, 9.17) is 0 Å². The molecule has 3 rings (SSSR count). The number of halogens is 1. The van der Waals surface area contributed by atoms with Crippen molar-refractivity contribution >= 4 is 27.6 Å². The van der Waals surface area contributed by atoms with Crippen LogP contribution in [0, 0.1) is 6.92 Å². The van der Waals surface area contributed by atoms with Crippen molar-refractivity contribution in [1.82, 2.24) is 10.2 Å². The minimum Gasteiger partial charge on any atom is -0.319 e. The van der Waals surface area contributed by atoms with Gasteiger partial charge in [-0.25, -0.2) is 4.79 Å². The molecule has 0 bridgehead atoms. The second-order valence-corrected chi connectivity index (χ2v) is 6.42. The van der Waals surface area contributed by atoms with Crippen molar-refractivity contribution in [1.29, 1.82) is 0 Å². The highest BCUT2D eigenvalue weighted by Gasteiger charge is 2.35. The van der Waals surface area contributed by atoms with Gasteiger partial charge in [0.2, 0.25) is 0 Å². The third-order valence-corrected chi connectivity index (χ3v) is 4.82. The van der Waals surface area contributed by atoms with Crippen LogP contribution in [0.25, 0.3) is 0 Å². The Balaban J connectivity index is 1.78. The summed E-state index contributed by atoms with van der Waals surface area (Å²) in [5.74, 6) is 0. The molecule has 2 aliphatic rings. The minimum absolute atomic E-state index is 0.154. The fraction of sp³-hybridized carbons (Fsp3) is 0.533. The first kappa shape index (κ1) is 13.9. The lowest BCUT2D eigenvalue weighted by atomic mass is 10.1. The van der Waals surface area contributed by atoms with Gasteiger partial charge >= 0.3 is 6.03 Å². The standard InChI is InChI=1S/C15H20BrN3O/c1-11-2-3-14(13(16)10-11)19-9-8-18(15(19)20)12-4-6-17-7-5-12/h2-3,10,12,17H,4-9H2,1H3. The number of carbonyl (C=O) groups excluding carboxylic acids is 1. The third kappa shape index (κ3) is 2.56. The lowest BCUT2D eigenvalue weighted by Gasteiger charge is -2.31. The highest BCUT2D eigenvalue weighted by Crippen LogP contribution is 2.31. The number of anilines is 1. The maximum absolute atomic E-state index is 12.7. The van der Waals surface area contributed by atoms with E-state index in [9.17, 15) is 4.79 Å². The van der Waals surface area contributed by atoms with Crippen molar-refractivity contribution in [3.63, 3.8) is 0 Å². The molecular formula is C15H20BrN3O. The zero-order valence-electron chi connectivity index (χ0n) is 11.7. The number of aryl methyl sites for hydroxylation is 1. The Morgan fingerprint density at radius 2 is 2.00 bits per heavy atom. The summed E-state index contributed by atoms with van der Waals surface area (Å²) < 4.78 is 0.998. The van der Waals surface area contributed by atoms with Gasteiger partial charge < -0.3 is 10.2 Å². The molecule has 108 valence electrons. The van der Waals surface area contributed by atoms with Crippen LogP contribution in [0.1, 0.15) is 18.4 Å². The number of rotatable bonds is 2. The second kappa shape index (κ2) is 5.74. The predicted octanol–water partition coefficient (Wildman–Crippen LogP) is 2.75. The first-order valence-corrected chi connectivity index (χ1v) is 8.01. The predicted molar refractivity (Wildman–Crippen MR) is 84.2 cm³/mol. The van der Waals surface area contributed by atoms with Crippen molar-refractivity contribution in [2.45, 2.75) is 25.8 Å². The van der Waals surface area contributed by atoms with Gasteiger partial charge in [0.1, 0.15) is 0 Å². The largest absolute Gasteiger partial charge is 0.324 e. The van der Waals surface area contributed by atoms with E-state index in [-0.39, 0.29) is 6.03 Å². The van der Waals surface area contributed by atoms with E-state index in [0.717, 1.165) is 49.2 Å². The van der Waals surface area contributed by atoms with Crippen molar-refractivity contribution in [2.75, 3.05) is 31.1 Å². The van der Waals surface area contributed by atoms with Gasteiger partial charge in [-0.15, -0.1) is 0 Å². The van der Waals surface area contributed by atoms with Crippen LogP contribution in [-0.4, -0.2) is 43.2 Å². The fourth-order valence-electron chi connectivity index (χ4n) is 3.07. The van der Waals surface area contributed by atoms with Crippen LogP contribution in [0.4, 0.5) is 10.5 Å². The summed E-state index contributed by atoms with van der Waals surface area (Å²) in [6, 6.07) is 6.71. The number of carbonyl (C=O) groups is 1. The minimum atomic E-state index is 0.154. The molecule has 0 spiro atoms. The zero-order chi connectivity index (χ0) is 14.1. The molecule has 1 N–H and O–H groups in total. The molecule has 4 nitrogen and oxygen atoms in total. The van der Waals surface area contributed by atoms with Gasteiger partial charge in [-0.1, -0.05) is 6.07 Å². The first-order chi connectivity index (χ1) is 9.66. The molecule has 2 aliphatic heterocycles. The molecule has 0 radical (unpaired) electrons. The molecule has 2 heterocycles. The van der Waals surface area contributed by atoms with E-state index in [1.54, 1.807) is 0 Å². The van der Waals surface area contributed by atoms with Crippen LogP contribution in [-0.2, 0) is 0 Å². The Bertz CT molecular complexity index is 514. The Morgan fingerprint density at radius 3 is 2.70 bits per heavy atom. The summed E-state index contributed by atoms with van der Waals surface area (Å²) in [6.45, 7) is 5.71. The normalized spacial score (nSPS) is 20.8. The highest BCUT2D eigenvalue weighted by molar-refractivity contribution is 9.10. The lowest BCUT2D eigenvalue weighted by Crippen LogP contribution is -2.45. The zero-order valence-corrected chi connectivity index (χ0v) is 13.3. The molecule has 20 heavy (non-hydrogen) atoms. The number of benzene rings is 1. The van der Waals surface area contributed by atoms with E-state index >= 15 is 0 Å². The van der Waals surface area contributed by atoms with Gasteiger partial charge in [-0.3, -0.25) is 4.90 Å². The van der Waals surface area contributed by atoms with Crippen LogP contribution in [0.3, 0.4) is 0 Å². The van der Waals surface area contributed by atoms with Crippen molar-refractivity contribution in [3.8, 4) is 0 Å². The molecule has 0 saturated carbocycles. The van der Waals surface area contributed by atoms with Gasteiger partial charge in [0.15, 0.2) is 0 Å². The van der Waals surface area contributed by atoms with Gasteiger partial charge in [-0.2, -0.15) is 0 Å². The summed E-state index contributed by atoms with van der Waals surface area (Å²) in [5.41, 5.74) is 2.18. The smallest absolute Gasteiger partial charge is 0.319 e. The monoisotopic (exact) mass is 337 g/mol. The van der Waals surface area contributed by atoms with Gasteiger partial charge in [0.05, 0.1) is 5.69 Å². The van der Waals surface area contributed by atoms with Crippen LogP contribution in [0.2, 0.25) is 0 Å². The summed E-state index contributed by atoms with van der Waals surface area (Å²) in [4.78, 5) is 16.6. The Hall–Kier alpha value is -1.07. The molecule has 1 aromatic carbocycles. The van der Waals surface area contributed by atoms with E-state index in [1.807, 2.05) is 15.9 Å². The second-order valence-electron chi connectivity index (χ2n) is 5.56. The number of urea groups is 1. The Morgan fingerprint density at radius 1 is 1.25 bits per heavy atom. The van der Waals surface area contributed by atoms with E-state index in [1.165, 1.54) is 5.56 Å². The molecule has 5 heteroatoms. The Kier molecular flexibility index (Phi) is 3.98. The van der Waals surface area contributed by atoms with Crippen molar-refractivity contribution < 1.29 is 4.79 Å². The summed E-state index contributed by atoms with van der Waals surface area (Å²) >= 11 is 3.58. The number of hydrogen-bond donors (Lipinski definition) is 1. The summed E-state index contributed by atoms with van der Waals surface area (Å²) in [5, 5.41) is 3.35. The molecule has 0 aliphatic carbocycles. The van der Waals surface area contributed by atoms with Crippen LogP contribution in [0.15, 0.2) is 22.7 Å².